The first-order valence-corrected chi connectivity index (χ1v) is 10.8. The summed E-state index contributed by atoms with van der Waals surface area (Å²) in [6.07, 6.45) is 0.969. The number of fused-ring (bicyclic) bond motifs is 1. The van der Waals surface area contributed by atoms with Gasteiger partial charge in [-0.3, -0.25) is 14.5 Å². The summed E-state index contributed by atoms with van der Waals surface area (Å²) in [5.74, 6) is 0.551. The van der Waals surface area contributed by atoms with E-state index in [1.165, 1.54) is 25.3 Å². The molecule has 1 N–H and O–H groups in total. The Morgan fingerprint density at radius 3 is 2.50 bits per heavy atom. The van der Waals surface area contributed by atoms with Gasteiger partial charge in [-0.1, -0.05) is 6.07 Å². The number of nitrogens with zero attached hydrogens (tertiary/aromatic N) is 1. The van der Waals surface area contributed by atoms with Crippen LogP contribution in [0.5, 0.6) is 17.2 Å². The largest absolute Gasteiger partial charge is 0.495 e. The summed E-state index contributed by atoms with van der Waals surface area (Å²) < 4.78 is 44.2. The van der Waals surface area contributed by atoms with Crippen LogP contribution in [0.3, 0.4) is 0 Å². The summed E-state index contributed by atoms with van der Waals surface area (Å²) in [6.45, 7) is 0.135. The standard InChI is InChI=1S/C20H20N2O7S/c1-27-16-8-6-14(22-19(23)3-2-4-20(22)24)10-18(16)30(25,26)21-11-13-5-7-15-17(9-13)29-12-28-15/h5-10,21H,2-4,11-12H2,1H3. The third-order valence-electron chi connectivity index (χ3n) is 4.88. The lowest BCUT2D eigenvalue weighted by atomic mass is 10.1. The number of anilines is 1. The lowest BCUT2D eigenvalue weighted by Crippen LogP contribution is -2.40. The van der Waals surface area contributed by atoms with Gasteiger partial charge in [0.1, 0.15) is 10.6 Å². The highest BCUT2D eigenvalue weighted by atomic mass is 32.2. The van der Waals surface area contributed by atoms with Crippen molar-refractivity contribution < 1.29 is 32.2 Å². The van der Waals surface area contributed by atoms with Gasteiger partial charge < -0.3 is 14.2 Å². The van der Waals surface area contributed by atoms with E-state index < -0.39 is 10.0 Å². The van der Waals surface area contributed by atoms with Crippen molar-refractivity contribution >= 4 is 27.5 Å². The molecular formula is C20H20N2O7S. The molecule has 10 heteroatoms. The second-order valence-electron chi connectivity index (χ2n) is 6.82. The molecule has 2 aromatic carbocycles. The summed E-state index contributed by atoms with van der Waals surface area (Å²) in [5.41, 5.74) is 0.883. The summed E-state index contributed by atoms with van der Waals surface area (Å²) in [4.78, 5) is 25.3. The number of imide groups is 1. The molecule has 2 heterocycles. The van der Waals surface area contributed by atoms with E-state index in [9.17, 15) is 18.0 Å². The van der Waals surface area contributed by atoms with Crippen LogP contribution in [-0.4, -0.2) is 34.1 Å². The first-order valence-electron chi connectivity index (χ1n) is 9.31. The van der Waals surface area contributed by atoms with Gasteiger partial charge in [0.05, 0.1) is 12.8 Å². The van der Waals surface area contributed by atoms with E-state index >= 15 is 0 Å². The van der Waals surface area contributed by atoms with Crippen molar-refractivity contribution in [3.63, 3.8) is 0 Å². The number of hydrogen-bond acceptors (Lipinski definition) is 7. The Labute approximate surface area is 173 Å². The van der Waals surface area contributed by atoms with Crippen LogP contribution in [0.1, 0.15) is 24.8 Å². The first kappa shape index (κ1) is 20.2. The molecule has 0 atom stereocenters. The highest BCUT2D eigenvalue weighted by molar-refractivity contribution is 7.89. The molecule has 2 amide bonds. The van der Waals surface area contributed by atoms with Crippen LogP contribution in [0.2, 0.25) is 0 Å². The van der Waals surface area contributed by atoms with Crippen molar-refractivity contribution in [2.75, 3.05) is 18.8 Å². The van der Waals surface area contributed by atoms with Gasteiger partial charge in [0.15, 0.2) is 11.5 Å². The molecule has 0 radical (unpaired) electrons. The Bertz CT molecular complexity index is 1100. The minimum Gasteiger partial charge on any atom is -0.495 e. The number of piperidine rings is 1. The van der Waals surface area contributed by atoms with E-state index in [1.54, 1.807) is 18.2 Å². The molecule has 1 fully saturated rings. The number of rotatable bonds is 6. The van der Waals surface area contributed by atoms with Gasteiger partial charge in [0.2, 0.25) is 28.6 Å². The van der Waals surface area contributed by atoms with Crippen molar-refractivity contribution in [3.05, 3.63) is 42.0 Å². The zero-order valence-electron chi connectivity index (χ0n) is 16.2. The Balaban J connectivity index is 1.60. The summed E-state index contributed by atoms with van der Waals surface area (Å²) in [5, 5.41) is 0. The molecule has 30 heavy (non-hydrogen) atoms. The number of ether oxygens (including phenoxy) is 3. The summed E-state index contributed by atoms with van der Waals surface area (Å²) in [6, 6.07) is 9.34. The van der Waals surface area contributed by atoms with E-state index in [1.807, 2.05) is 0 Å². The number of methoxy groups -OCH3 is 1. The molecule has 0 unspecified atom stereocenters. The Hall–Kier alpha value is -3.11. The van der Waals surface area contributed by atoms with Gasteiger partial charge in [0.25, 0.3) is 0 Å². The van der Waals surface area contributed by atoms with Crippen molar-refractivity contribution in [1.29, 1.82) is 0 Å². The molecule has 0 spiro atoms. The van der Waals surface area contributed by atoms with E-state index in [0.29, 0.717) is 23.5 Å². The maximum Gasteiger partial charge on any atom is 0.244 e. The van der Waals surface area contributed by atoms with Crippen LogP contribution in [0.25, 0.3) is 0 Å². The number of sulfonamides is 1. The third-order valence-corrected chi connectivity index (χ3v) is 6.30. The molecule has 9 nitrogen and oxygen atoms in total. The highest BCUT2D eigenvalue weighted by Crippen LogP contribution is 2.33. The van der Waals surface area contributed by atoms with Gasteiger partial charge in [-0.2, -0.15) is 0 Å². The predicted molar refractivity (Wildman–Crippen MR) is 106 cm³/mol. The monoisotopic (exact) mass is 432 g/mol. The second-order valence-corrected chi connectivity index (χ2v) is 8.56. The van der Waals surface area contributed by atoms with Crippen molar-refractivity contribution in [2.45, 2.75) is 30.7 Å². The minimum atomic E-state index is -4.01. The molecule has 1 saturated heterocycles. The summed E-state index contributed by atoms with van der Waals surface area (Å²) in [7, 11) is -2.66. The topological polar surface area (TPSA) is 111 Å². The highest BCUT2D eigenvalue weighted by Gasteiger charge is 2.29. The third kappa shape index (κ3) is 3.83. The Morgan fingerprint density at radius 2 is 1.77 bits per heavy atom. The Kier molecular flexibility index (Phi) is 5.35. The summed E-state index contributed by atoms with van der Waals surface area (Å²) >= 11 is 0. The van der Waals surface area contributed by atoms with Crippen LogP contribution in [0.4, 0.5) is 5.69 Å². The number of carbonyl (C=O) groups is 2. The van der Waals surface area contributed by atoms with Gasteiger partial charge in [-0.05, 0) is 42.3 Å². The fourth-order valence-electron chi connectivity index (χ4n) is 3.36. The number of hydrogen-bond donors (Lipinski definition) is 1. The first-order chi connectivity index (χ1) is 14.4. The molecule has 0 bridgehead atoms. The van der Waals surface area contributed by atoms with Crippen LogP contribution < -0.4 is 23.8 Å². The molecule has 0 aromatic heterocycles. The number of nitrogens with one attached hydrogen (secondary N) is 1. The fourth-order valence-corrected chi connectivity index (χ4v) is 4.57. The van der Waals surface area contributed by atoms with Gasteiger partial charge in [0, 0.05) is 19.4 Å². The lowest BCUT2D eigenvalue weighted by Gasteiger charge is -2.25. The zero-order valence-corrected chi connectivity index (χ0v) is 17.0. The van der Waals surface area contributed by atoms with Crippen molar-refractivity contribution in [1.82, 2.24) is 4.72 Å². The van der Waals surface area contributed by atoms with Crippen LogP contribution >= 0.6 is 0 Å². The molecule has 2 aliphatic heterocycles. The van der Waals surface area contributed by atoms with Crippen LogP contribution in [0, 0.1) is 0 Å². The maximum atomic E-state index is 13.0. The molecule has 2 aliphatic rings. The average molecular weight is 432 g/mol. The second kappa shape index (κ2) is 7.96. The fraction of sp³-hybridized carbons (Fsp3) is 0.300. The Morgan fingerprint density at radius 1 is 1.03 bits per heavy atom. The molecular weight excluding hydrogens is 412 g/mol. The number of carbonyl (C=O) groups excluding carboxylic acids is 2. The molecule has 0 saturated carbocycles. The van der Waals surface area contributed by atoms with Gasteiger partial charge in [-0.15, -0.1) is 0 Å². The predicted octanol–water partition coefficient (Wildman–Crippen LogP) is 1.95. The lowest BCUT2D eigenvalue weighted by molar-refractivity contribution is -0.129. The van der Waals surface area contributed by atoms with E-state index in [0.717, 1.165) is 4.90 Å². The number of amides is 2. The van der Waals surface area contributed by atoms with Crippen molar-refractivity contribution in [3.8, 4) is 17.2 Å². The quantitative estimate of drug-likeness (QED) is 0.695. The van der Waals surface area contributed by atoms with Crippen molar-refractivity contribution in [2.24, 2.45) is 0 Å². The average Bonchev–Trinajstić information content (AvgIpc) is 3.20. The minimum absolute atomic E-state index is 0.00787. The van der Waals surface area contributed by atoms with Gasteiger partial charge in [-0.25, -0.2) is 13.1 Å². The van der Waals surface area contributed by atoms with E-state index in [-0.39, 0.29) is 54.3 Å². The zero-order chi connectivity index (χ0) is 21.3. The van der Waals surface area contributed by atoms with E-state index in [4.69, 9.17) is 14.2 Å². The number of benzene rings is 2. The van der Waals surface area contributed by atoms with E-state index in [2.05, 4.69) is 4.72 Å². The molecule has 158 valence electrons. The van der Waals surface area contributed by atoms with Crippen LogP contribution in [0.15, 0.2) is 41.3 Å². The smallest absolute Gasteiger partial charge is 0.244 e. The van der Waals surface area contributed by atoms with Gasteiger partial charge >= 0.3 is 0 Å². The molecule has 2 aromatic rings. The molecule has 0 aliphatic carbocycles. The SMILES string of the molecule is COc1ccc(N2C(=O)CCCC2=O)cc1S(=O)(=O)NCc1ccc2c(c1)OCO2. The molecule has 4 rings (SSSR count). The van der Waals surface area contributed by atoms with Crippen LogP contribution in [-0.2, 0) is 26.2 Å². The maximum absolute atomic E-state index is 13.0. The normalized spacial score (nSPS) is 16.1.